The van der Waals surface area contributed by atoms with E-state index < -0.39 is 0 Å². The molecular weight excluding hydrogens is 284 g/mol. The van der Waals surface area contributed by atoms with E-state index >= 15 is 0 Å². The number of likely N-dealkylation sites (N-methyl/N-ethyl adjacent to an activating group) is 1. The summed E-state index contributed by atoms with van der Waals surface area (Å²) in [5, 5.41) is 0. The molecule has 4 rings (SSSR count). The van der Waals surface area contributed by atoms with Crippen molar-refractivity contribution in [3.8, 4) is 0 Å². The summed E-state index contributed by atoms with van der Waals surface area (Å²) in [5.74, 6) is 2.82. The summed E-state index contributed by atoms with van der Waals surface area (Å²) in [4.78, 5) is 17.5. The van der Waals surface area contributed by atoms with E-state index in [2.05, 4.69) is 47.2 Å². The van der Waals surface area contributed by atoms with Gasteiger partial charge in [-0.05, 0) is 49.6 Å². The van der Waals surface area contributed by atoms with Gasteiger partial charge in [0.2, 0.25) is 5.91 Å². The van der Waals surface area contributed by atoms with Gasteiger partial charge in [-0.15, -0.1) is 0 Å². The molecule has 0 aromatic heterocycles. The van der Waals surface area contributed by atoms with E-state index in [0.717, 1.165) is 37.9 Å². The van der Waals surface area contributed by atoms with E-state index in [1.54, 1.807) is 0 Å². The van der Waals surface area contributed by atoms with Gasteiger partial charge in [-0.2, -0.15) is 0 Å². The highest BCUT2D eigenvalue weighted by molar-refractivity contribution is 5.77. The highest BCUT2D eigenvalue weighted by Crippen LogP contribution is 2.49. The lowest BCUT2D eigenvalue weighted by molar-refractivity contribution is -0.137. The molecule has 4 atom stereocenters. The molecule has 124 valence electrons. The predicted octanol–water partition coefficient (Wildman–Crippen LogP) is 3.33. The molecule has 3 nitrogen and oxygen atoms in total. The molecule has 2 saturated carbocycles. The average Bonchev–Trinajstić information content (AvgIpc) is 3.18. The Bertz CT molecular complexity index is 558. The van der Waals surface area contributed by atoms with Gasteiger partial charge < -0.3 is 9.80 Å². The van der Waals surface area contributed by atoms with Crippen LogP contribution in [0.3, 0.4) is 0 Å². The summed E-state index contributed by atoms with van der Waals surface area (Å²) in [5.41, 5.74) is 1.28. The molecule has 0 radical (unpaired) electrons. The first kappa shape index (κ1) is 15.2. The molecule has 1 aliphatic heterocycles. The SMILES string of the molecule is CN1CCN(C(=O)C[C@H]2C[C@H]3CC[C@H]2C3)[C@H](c2ccccc2)C1. The van der Waals surface area contributed by atoms with Gasteiger partial charge in [0, 0.05) is 26.1 Å². The molecular formula is C20H28N2O. The molecule has 0 spiro atoms. The van der Waals surface area contributed by atoms with Crippen LogP contribution in [0.15, 0.2) is 30.3 Å². The van der Waals surface area contributed by atoms with Gasteiger partial charge in [0.15, 0.2) is 0 Å². The molecule has 3 fully saturated rings. The zero-order valence-corrected chi connectivity index (χ0v) is 14.2. The fourth-order valence-electron chi connectivity index (χ4n) is 5.15. The van der Waals surface area contributed by atoms with Gasteiger partial charge in [-0.1, -0.05) is 36.8 Å². The molecule has 2 bridgehead atoms. The normalized spacial score (nSPS) is 34.0. The first-order chi connectivity index (χ1) is 11.2. The first-order valence-corrected chi connectivity index (χ1v) is 9.23. The zero-order chi connectivity index (χ0) is 15.8. The van der Waals surface area contributed by atoms with Crippen LogP contribution in [-0.4, -0.2) is 42.4 Å². The highest BCUT2D eigenvalue weighted by atomic mass is 16.2. The van der Waals surface area contributed by atoms with E-state index in [-0.39, 0.29) is 6.04 Å². The van der Waals surface area contributed by atoms with Crippen LogP contribution >= 0.6 is 0 Å². The summed E-state index contributed by atoms with van der Waals surface area (Å²) in [6.45, 7) is 2.81. The van der Waals surface area contributed by atoms with Gasteiger partial charge in [0.05, 0.1) is 6.04 Å². The molecule has 2 aliphatic carbocycles. The molecule has 1 saturated heterocycles. The molecule has 3 heteroatoms. The second kappa shape index (κ2) is 6.27. The molecule has 1 aromatic rings. The van der Waals surface area contributed by atoms with E-state index in [4.69, 9.17) is 0 Å². The van der Waals surface area contributed by atoms with Crippen LogP contribution in [0.2, 0.25) is 0 Å². The predicted molar refractivity (Wildman–Crippen MR) is 91.9 cm³/mol. The van der Waals surface area contributed by atoms with Crippen molar-refractivity contribution in [2.45, 2.75) is 38.1 Å². The van der Waals surface area contributed by atoms with Crippen LogP contribution < -0.4 is 0 Å². The fourth-order valence-corrected chi connectivity index (χ4v) is 5.15. The fraction of sp³-hybridized carbons (Fsp3) is 0.650. The Morgan fingerprint density at radius 2 is 1.96 bits per heavy atom. The number of carbonyl (C=O) groups is 1. The van der Waals surface area contributed by atoms with Crippen LogP contribution in [0.4, 0.5) is 0 Å². The number of hydrogen-bond donors (Lipinski definition) is 0. The third-order valence-corrected chi connectivity index (χ3v) is 6.41. The Morgan fingerprint density at radius 3 is 2.65 bits per heavy atom. The third-order valence-electron chi connectivity index (χ3n) is 6.41. The smallest absolute Gasteiger partial charge is 0.223 e. The Balaban J connectivity index is 1.47. The lowest BCUT2D eigenvalue weighted by Crippen LogP contribution is -2.49. The monoisotopic (exact) mass is 312 g/mol. The lowest BCUT2D eigenvalue weighted by atomic mass is 9.86. The Morgan fingerprint density at radius 1 is 1.13 bits per heavy atom. The van der Waals surface area contributed by atoms with Crippen LogP contribution in [0.1, 0.15) is 43.7 Å². The molecule has 1 aromatic carbocycles. The number of rotatable bonds is 3. The number of benzene rings is 1. The van der Waals surface area contributed by atoms with Crippen LogP contribution in [0.5, 0.6) is 0 Å². The molecule has 1 amide bonds. The van der Waals surface area contributed by atoms with Gasteiger partial charge in [0.1, 0.15) is 0 Å². The molecule has 3 aliphatic rings. The minimum atomic E-state index is 0.223. The highest BCUT2D eigenvalue weighted by Gasteiger charge is 2.41. The lowest BCUT2D eigenvalue weighted by Gasteiger charge is -2.41. The van der Waals surface area contributed by atoms with Gasteiger partial charge in [-0.25, -0.2) is 0 Å². The van der Waals surface area contributed by atoms with Crippen LogP contribution in [-0.2, 0) is 4.79 Å². The standard InChI is InChI=1S/C20H28N2O/c1-21-9-10-22(19(14-21)16-5-3-2-4-6-16)20(23)13-18-12-15-7-8-17(18)11-15/h2-6,15,17-19H,7-14H2,1H3/t15-,17-,18+,19-/m0/s1. The first-order valence-electron chi connectivity index (χ1n) is 9.23. The summed E-state index contributed by atoms with van der Waals surface area (Å²) < 4.78 is 0. The summed E-state index contributed by atoms with van der Waals surface area (Å²) >= 11 is 0. The second-order valence-electron chi connectivity index (χ2n) is 7.91. The molecule has 1 heterocycles. The number of piperazine rings is 1. The Kier molecular flexibility index (Phi) is 4.14. The Hall–Kier alpha value is -1.35. The van der Waals surface area contributed by atoms with Crippen LogP contribution in [0.25, 0.3) is 0 Å². The average molecular weight is 312 g/mol. The zero-order valence-electron chi connectivity index (χ0n) is 14.2. The molecule has 0 N–H and O–H groups in total. The van der Waals surface area contributed by atoms with Crippen molar-refractivity contribution >= 4 is 5.91 Å². The minimum absolute atomic E-state index is 0.223. The van der Waals surface area contributed by atoms with Gasteiger partial charge in [-0.3, -0.25) is 4.79 Å². The quantitative estimate of drug-likeness (QED) is 0.855. The molecule has 0 unspecified atom stereocenters. The number of nitrogens with zero attached hydrogens (tertiary/aromatic N) is 2. The van der Waals surface area contributed by atoms with E-state index in [1.165, 1.54) is 31.2 Å². The van der Waals surface area contributed by atoms with E-state index in [0.29, 0.717) is 11.8 Å². The summed E-state index contributed by atoms with van der Waals surface area (Å²) in [6.07, 6.45) is 6.27. The third kappa shape index (κ3) is 3.03. The number of fused-ring (bicyclic) bond motifs is 2. The maximum atomic E-state index is 13.0. The second-order valence-corrected chi connectivity index (χ2v) is 7.91. The number of carbonyl (C=O) groups excluding carboxylic acids is 1. The topological polar surface area (TPSA) is 23.6 Å². The van der Waals surface area contributed by atoms with Crippen molar-refractivity contribution < 1.29 is 4.79 Å². The molecule has 23 heavy (non-hydrogen) atoms. The van der Waals surface area contributed by atoms with E-state index in [9.17, 15) is 4.79 Å². The largest absolute Gasteiger partial charge is 0.333 e. The van der Waals surface area contributed by atoms with Crippen molar-refractivity contribution in [3.63, 3.8) is 0 Å². The Labute approximate surface area is 139 Å². The number of amides is 1. The summed E-state index contributed by atoms with van der Waals surface area (Å²) in [6, 6.07) is 10.8. The van der Waals surface area contributed by atoms with E-state index in [1.807, 2.05) is 0 Å². The van der Waals surface area contributed by atoms with Gasteiger partial charge >= 0.3 is 0 Å². The minimum Gasteiger partial charge on any atom is -0.333 e. The maximum Gasteiger partial charge on any atom is 0.223 e. The van der Waals surface area contributed by atoms with Crippen molar-refractivity contribution in [1.82, 2.24) is 9.80 Å². The van der Waals surface area contributed by atoms with Crippen molar-refractivity contribution in [3.05, 3.63) is 35.9 Å². The van der Waals surface area contributed by atoms with Crippen LogP contribution in [0, 0.1) is 17.8 Å². The number of hydrogen-bond acceptors (Lipinski definition) is 2. The van der Waals surface area contributed by atoms with Crippen molar-refractivity contribution in [1.29, 1.82) is 0 Å². The maximum absolute atomic E-state index is 13.0. The summed E-state index contributed by atoms with van der Waals surface area (Å²) in [7, 11) is 2.16. The van der Waals surface area contributed by atoms with Crippen molar-refractivity contribution in [2.24, 2.45) is 17.8 Å². The van der Waals surface area contributed by atoms with Gasteiger partial charge in [0.25, 0.3) is 0 Å². The van der Waals surface area contributed by atoms with Crippen molar-refractivity contribution in [2.75, 3.05) is 26.7 Å².